The number of nitrogens with two attached hydrogens (primary N) is 1. The van der Waals surface area contributed by atoms with Crippen molar-refractivity contribution in [2.24, 2.45) is 0 Å². The van der Waals surface area contributed by atoms with Crippen molar-refractivity contribution in [1.29, 1.82) is 0 Å². The number of fused-ring (bicyclic) bond motifs is 1. The third kappa shape index (κ3) is 3.38. The quantitative estimate of drug-likeness (QED) is 0.572. The largest absolute Gasteiger partial charge is 0.465 e. The molecule has 146 valence electrons. The lowest BCUT2D eigenvalue weighted by Crippen LogP contribution is -2.44. The van der Waals surface area contributed by atoms with Gasteiger partial charge in [-0.1, -0.05) is 11.6 Å². The van der Waals surface area contributed by atoms with Crippen molar-refractivity contribution >= 4 is 34.5 Å². The third-order valence-electron chi connectivity index (χ3n) is 4.65. The third-order valence-corrected chi connectivity index (χ3v) is 4.86. The van der Waals surface area contributed by atoms with Crippen LogP contribution in [0.25, 0.3) is 22.4 Å². The molecule has 1 aliphatic rings. The van der Waals surface area contributed by atoms with Crippen molar-refractivity contribution in [3.8, 4) is 11.4 Å². The Kier molecular flexibility index (Phi) is 4.63. The Balaban J connectivity index is 1.66. The summed E-state index contributed by atoms with van der Waals surface area (Å²) in [5, 5.41) is 13.2. The number of amides is 1. The lowest BCUT2D eigenvalue weighted by Gasteiger charge is -2.31. The van der Waals surface area contributed by atoms with Gasteiger partial charge in [0, 0.05) is 42.5 Å². The van der Waals surface area contributed by atoms with Crippen LogP contribution in [-0.4, -0.2) is 54.9 Å². The van der Waals surface area contributed by atoms with Gasteiger partial charge in [-0.15, -0.1) is 0 Å². The number of rotatable bonds is 3. The number of aromatic nitrogens is 4. The molecule has 3 aromatic rings. The molecular weight excluding hydrogens is 389 g/mol. The minimum Gasteiger partial charge on any atom is -0.465 e. The molecule has 1 saturated heterocycles. The average molecular weight is 406 g/mol. The van der Waals surface area contributed by atoms with Gasteiger partial charge in [0.05, 0.1) is 11.2 Å². The van der Waals surface area contributed by atoms with E-state index in [1.54, 1.807) is 12.3 Å². The zero-order chi connectivity index (χ0) is 19.8. The van der Waals surface area contributed by atoms with Gasteiger partial charge in [-0.2, -0.15) is 0 Å². The molecule has 1 aliphatic heterocycles. The smallest absolute Gasteiger partial charge is 0.407 e. The maximum Gasteiger partial charge on any atom is 0.407 e. The maximum absolute atomic E-state index is 14.3. The van der Waals surface area contributed by atoms with E-state index in [2.05, 4.69) is 20.3 Å². The highest BCUT2D eigenvalue weighted by atomic mass is 35.5. The van der Waals surface area contributed by atoms with E-state index in [1.807, 2.05) is 0 Å². The summed E-state index contributed by atoms with van der Waals surface area (Å²) in [7, 11) is 0. The molecule has 0 aliphatic carbocycles. The summed E-state index contributed by atoms with van der Waals surface area (Å²) < 4.78 is 15.6. The first kappa shape index (κ1) is 18.2. The van der Waals surface area contributed by atoms with Gasteiger partial charge in [0.1, 0.15) is 0 Å². The van der Waals surface area contributed by atoms with Crippen LogP contribution in [0.2, 0.25) is 5.02 Å². The molecule has 1 fully saturated rings. The first-order valence-corrected chi connectivity index (χ1v) is 8.99. The Hall–Kier alpha value is -3.14. The van der Waals surface area contributed by atoms with E-state index < -0.39 is 11.9 Å². The van der Waals surface area contributed by atoms with Crippen LogP contribution < -0.4 is 11.2 Å². The molecule has 0 aromatic carbocycles. The molecule has 0 bridgehead atoms. The summed E-state index contributed by atoms with van der Waals surface area (Å²) in [5.74, 6) is 5.58. The molecule has 1 atom stereocenters. The number of hydrogen-bond donors (Lipinski definition) is 3. The van der Waals surface area contributed by atoms with Gasteiger partial charge < -0.3 is 21.2 Å². The fourth-order valence-electron chi connectivity index (χ4n) is 3.34. The zero-order valence-corrected chi connectivity index (χ0v) is 15.4. The van der Waals surface area contributed by atoms with Crippen molar-refractivity contribution < 1.29 is 14.3 Å². The number of likely N-dealkylation sites (tertiary alicyclic amines) is 1. The molecule has 0 saturated carbocycles. The molecule has 0 unspecified atom stereocenters. The SMILES string of the molecule is Nn1cc(-c2ncc(F)c(N[C@H]3CCCN(C(=O)O)C3)n2)c2cc(Cl)cnc21. The Morgan fingerprint density at radius 2 is 2.21 bits per heavy atom. The molecule has 1 amide bonds. The van der Waals surface area contributed by atoms with Crippen molar-refractivity contribution in [3.05, 3.63) is 35.5 Å². The molecule has 11 heteroatoms. The maximum atomic E-state index is 14.3. The molecular formula is C17H17ClFN7O2. The Morgan fingerprint density at radius 3 is 3.00 bits per heavy atom. The highest BCUT2D eigenvalue weighted by Gasteiger charge is 2.24. The number of nitrogens with zero attached hydrogens (tertiary/aromatic N) is 5. The minimum atomic E-state index is -0.990. The van der Waals surface area contributed by atoms with Crippen LogP contribution in [0.1, 0.15) is 12.8 Å². The monoisotopic (exact) mass is 405 g/mol. The van der Waals surface area contributed by atoms with Crippen LogP contribution in [0.5, 0.6) is 0 Å². The van der Waals surface area contributed by atoms with Crippen LogP contribution in [0.15, 0.2) is 24.7 Å². The number of anilines is 1. The van der Waals surface area contributed by atoms with Crippen molar-refractivity contribution in [2.75, 3.05) is 24.2 Å². The van der Waals surface area contributed by atoms with Gasteiger partial charge in [0.2, 0.25) is 0 Å². The van der Waals surface area contributed by atoms with Crippen molar-refractivity contribution in [3.63, 3.8) is 0 Å². The van der Waals surface area contributed by atoms with Gasteiger partial charge in [-0.3, -0.25) is 4.68 Å². The molecule has 0 spiro atoms. The van der Waals surface area contributed by atoms with Crippen LogP contribution in [0.4, 0.5) is 15.0 Å². The lowest BCUT2D eigenvalue weighted by molar-refractivity contribution is 0.132. The number of carbonyl (C=O) groups is 1. The normalized spacial score (nSPS) is 17.1. The Bertz CT molecular complexity index is 1060. The summed E-state index contributed by atoms with van der Waals surface area (Å²) in [6.45, 7) is 0.727. The summed E-state index contributed by atoms with van der Waals surface area (Å²) in [6, 6.07) is 1.45. The van der Waals surface area contributed by atoms with E-state index >= 15 is 0 Å². The van der Waals surface area contributed by atoms with Crippen LogP contribution >= 0.6 is 11.6 Å². The highest BCUT2D eigenvalue weighted by Crippen LogP contribution is 2.29. The predicted molar refractivity (Wildman–Crippen MR) is 102 cm³/mol. The highest BCUT2D eigenvalue weighted by molar-refractivity contribution is 6.31. The Labute approximate surface area is 163 Å². The van der Waals surface area contributed by atoms with Crippen LogP contribution in [0.3, 0.4) is 0 Å². The fraction of sp³-hybridized carbons (Fsp3) is 0.294. The standard InChI is InChI=1S/C17H17ClFN7O2/c18-9-4-11-12(8-26(20)16(11)22-5-9)14-21-6-13(19)15(24-14)23-10-2-1-3-25(7-10)17(27)28/h4-6,8,10H,1-3,7,20H2,(H,27,28)(H,21,23,24)/t10-/m0/s1. The summed E-state index contributed by atoms with van der Waals surface area (Å²) in [5.41, 5.74) is 1.05. The number of pyridine rings is 1. The van der Waals surface area contributed by atoms with Gasteiger partial charge in [-0.25, -0.2) is 24.1 Å². The van der Waals surface area contributed by atoms with Gasteiger partial charge in [0.25, 0.3) is 0 Å². The van der Waals surface area contributed by atoms with E-state index in [9.17, 15) is 9.18 Å². The first-order chi connectivity index (χ1) is 13.4. The number of nitrogen functional groups attached to an aromatic ring is 1. The average Bonchev–Trinajstić information content (AvgIpc) is 2.99. The fourth-order valence-corrected chi connectivity index (χ4v) is 3.50. The molecule has 4 heterocycles. The summed E-state index contributed by atoms with van der Waals surface area (Å²) in [4.78, 5) is 25.0. The second-order valence-electron chi connectivity index (χ2n) is 6.58. The summed E-state index contributed by atoms with van der Waals surface area (Å²) in [6.07, 6.45) is 4.55. The van der Waals surface area contributed by atoms with Crippen LogP contribution in [0, 0.1) is 5.82 Å². The van der Waals surface area contributed by atoms with Crippen molar-refractivity contribution in [2.45, 2.75) is 18.9 Å². The first-order valence-electron chi connectivity index (χ1n) is 8.61. The molecule has 28 heavy (non-hydrogen) atoms. The molecule has 4 N–H and O–H groups in total. The van der Waals surface area contributed by atoms with Gasteiger partial charge in [-0.05, 0) is 18.9 Å². The molecule has 9 nitrogen and oxygen atoms in total. The zero-order valence-electron chi connectivity index (χ0n) is 14.6. The number of piperidine rings is 1. The summed E-state index contributed by atoms with van der Waals surface area (Å²) >= 11 is 6.03. The second-order valence-corrected chi connectivity index (χ2v) is 7.01. The van der Waals surface area contributed by atoms with Gasteiger partial charge >= 0.3 is 6.09 Å². The lowest BCUT2D eigenvalue weighted by atomic mass is 10.1. The minimum absolute atomic E-state index is 0.00940. The predicted octanol–water partition coefficient (Wildman–Crippen LogP) is 2.55. The number of nitrogens with one attached hydrogen (secondary N) is 1. The van der Waals surface area contributed by atoms with E-state index in [0.29, 0.717) is 41.0 Å². The van der Waals surface area contributed by atoms with Crippen molar-refractivity contribution in [1.82, 2.24) is 24.5 Å². The molecule has 4 rings (SSSR count). The number of carboxylic acid groups (broad SMARTS) is 1. The van der Waals surface area contributed by atoms with E-state index in [0.717, 1.165) is 6.20 Å². The van der Waals surface area contributed by atoms with E-state index in [1.165, 1.54) is 15.8 Å². The number of halogens is 2. The molecule has 3 aromatic heterocycles. The van der Waals surface area contributed by atoms with E-state index in [4.69, 9.17) is 22.6 Å². The topological polar surface area (TPSA) is 122 Å². The van der Waals surface area contributed by atoms with Gasteiger partial charge in [0.15, 0.2) is 23.1 Å². The Morgan fingerprint density at radius 1 is 1.39 bits per heavy atom. The van der Waals surface area contributed by atoms with Crippen LogP contribution in [-0.2, 0) is 0 Å². The van der Waals surface area contributed by atoms with E-state index in [-0.39, 0.29) is 24.2 Å². The molecule has 0 radical (unpaired) electrons. The number of hydrogen-bond acceptors (Lipinski definition) is 6. The second kappa shape index (κ2) is 7.12.